The Kier molecular flexibility index (Phi) is 6.40. The molecule has 150 valence electrons. The summed E-state index contributed by atoms with van der Waals surface area (Å²) in [7, 11) is 0. The van der Waals surface area contributed by atoms with E-state index in [1.807, 2.05) is 4.90 Å². The summed E-state index contributed by atoms with van der Waals surface area (Å²) in [6.45, 7) is 8.79. The zero-order valence-electron chi connectivity index (χ0n) is 16.6. The first-order valence-electron chi connectivity index (χ1n) is 10.0. The van der Waals surface area contributed by atoms with Crippen LogP contribution < -0.4 is 4.90 Å². The molecule has 27 heavy (non-hydrogen) atoms. The van der Waals surface area contributed by atoms with Crippen molar-refractivity contribution in [1.29, 1.82) is 0 Å². The summed E-state index contributed by atoms with van der Waals surface area (Å²) in [5.74, 6) is 0.104. The summed E-state index contributed by atoms with van der Waals surface area (Å²) in [5, 5.41) is 20.8. The van der Waals surface area contributed by atoms with Gasteiger partial charge in [-0.25, -0.2) is 0 Å². The maximum Gasteiger partial charge on any atom is 0.219 e. The van der Waals surface area contributed by atoms with E-state index in [4.69, 9.17) is 0 Å². The van der Waals surface area contributed by atoms with Gasteiger partial charge >= 0.3 is 0 Å². The van der Waals surface area contributed by atoms with Crippen LogP contribution in [-0.2, 0) is 4.79 Å². The SMILES string of the molecule is CC(=O)N1CCN(CC2(O)CCN(c3cccc(C)c3)CC2)CC(CO)C1. The number of hydrogen-bond donors (Lipinski definition) is 2. The highest BCUT2D eigenvalue weighted by atomic mass is 16.3. The summed E-state index contributed by atoms with van der Waals surface area (Å²) < 4.78 is 0. The van der Waals surface area contributed by atoms with Gasteiger partial charge in [-0.3, -0.25) is 9.69 Å². The zero-order chi connectivity index (χ0) is 19.4. The average Bonchev–Trinajstić information content (AvgIpc) is 2.84. The van der Waals surface area contributed by atoms with Crippen LogP contribution in [-0.4, -0.2) is 83.9 Å². The average molecular weight is 376 g/mol. The fraction of sp³-hybridized carbons (Fsp3) is 0.667. The number of rotatable bonds is 4. The fourth-order valence-corrected chi connectivity index (χ4v) is 4.30. The lowest BCUT2D eigenvalue weighted by Gasteiger charge is -2.42. The van der Waals surface area contributed by atoms with Gasteiger partial charge in [-0.2, -0.15) is 0 Å². The molecule has 2 N–H and O–H groups in total. The Morgan fingerprint density at radius 3 is 2.56 bits per heavy atom. The molecule has 6 nitrogen and oxygen atoms in total. The molecule has 6 heteroatoms. The lowest BCUT2D eigenvalue weighted by atomic mass is 9.90. The molecule has 1 aromatic rings. The lowest BCUT2D eigenvalue weighted by molar-refractivity contribution is -0.129. The third-order valence-electron chi connectivity index (χ3n) is 5.96. The van der Waals surface area contributed by atoms with E-state index in [1.165, 1.54) is 11.3 Å². The van der Waals surface area contributed by atoms with Gasteiger partial charge in [-0.05, 0) is 37.5 Å². The topological polar surface area (TPSA) is 67.2 Å². The van der Waals surface area contributed by atoms with E-state index in [1.54, 1.807) is 6.92 Å². The van der Waals surface area contributed by atoms with Crippen molar-refractivity contribution < 1.29 is 15.0 Å². The highest BCUT2D eigenvalue weighted by Gasteiger charge is 2.35. The number of aliphatic hydroxyl groups excluding tert-OH is 1. The number of hydrogen-bond acceptors (Lipinski definition) is 5. The highest BCUT2D eigenvalue weighted by Crippen LogP contribution is 2.28. The van der Waals surface area contributed by atoms with Crippen LogP contribution in [0.1, 0.15) is 25.3 Å². The minimum atomic E-state index is -0.703. The number of piperidine rings is 1. The molecule has 3 rings (SSSR count). The number of carbonyl (C=O) groups excluding carboxylic acids is 1. The Bertz CT molecular complexity index is 643. The molecular formula is C21H33N3O3. The smallest absolute Gasteiger partial charge is 0.219 e. The van der Waals surface area contributed by atoms with E-state index in [0.717, 1.165) is 39.0 Å². The molecule has 2 saturated heterocycles. The van der Waals surface area contributed by atoms with Gasteiger partial charge in [-0.1, -0.05) is 12.1 Å². The number of β-amino-alcohol motifs (C(OH)–C–C–N with tert-alkyl or cyclic N) is 1. The number of benzene rings is 1. The Balaban J connectivity index is 1.58. The second-order valence-electron chi connectivity index (χ2n) is 8.30. The Morgan fingerprint density at radius 1 is 1.19 bits per heavy atom. The van der Waals surface area contributed by atoms with Crippen LogP contribution in [0.5, 0.6) is 0 Å². The second kappa shape index (κ2) is 8.59. The van der Waals surface area contributed by atoms with Crippen LogP contribution in [0.4, 0.5) is 5.69 Å². The summed E-state index contributed by atoms with van der Waals surface area (Å²) in [4.78, 5) is 18.1. The fourth-order valence-electron chi connectivity index (χ4n) is 4.30. The van der Waals surface area contributed by atoms with Gasteiger partial charge in [0.25, 0.3) is 0 Å². The Morgan fingerprint density at radius 2 is 1.93 bits per heavy atom. The molecule has 1 amide bonds. The van der Waals surface area contributed by atoms with Crippen molar-refractivity contribution in [2.24, 2.45) is 5.92 Å². The Labute approximate surface area is 162 Å². The summed E-state index contributed by atoms with van der Waals surface area (Å²) in [5.41, 5.74) is 1.78. The molecule has 0 spiro atoms. The number of anilines is 1. The van der Waals surface area contributed by atoms with Gasteiger partial charge in [0.1, 0.15) is 0 Å². The van der Waals surface area contributed by atoms with Crippen LogP contribution in [0, 0.1) is 12.8 Å². The molecule has 1 aromatic carbocycles. The largest absolute Gasteiger partial charge is 0.396 e. The van der Waals surface area contributed by atoms with Crippen molar-refractivity contribution in [3.8, 4) is 0 Å². The molecule has 0 saturated carbocycles. The van der Waals surface area contributed by atoms with E-state index < -0.39 is 5.60 Å². The first-order valence-corrected chi connectivity index (χ1v) is 10.0. The highest BCUT2D eigenvalue weighted by molar-refractivity contribution is 5.73. The van der Waals surface area contributed by atoms with E-state index in [2.05, 4.69) is 41.0 Å². The maximum absolute atomic E-state index is 11.7. The Hall–Kier alpha value is -1.63. The summed E-state index contributed by atoms with van der Waals surface area (Å²) >= 11 is 0. The minimum absolute atomic E-state index is 0.0485. The van der Waals surface area contributed by atoms with Crippen LogP contribution in [0.25, 0.3) is 0 Å². The number of aryl methyl sites for hydroxylation is 1. The quantitative estimate of drug-likeness (QED) is 0.825. The van der Waals surface area contributed by atoms with Crippen molar-refractivity contribution in [2.45, 2.75) is 32.3 Å². The van der Waals surface area contributed by atoms with Gasteiger partial charge < -0.3 is 20.0 Å². The molecule has 2 aliphatic heterocycles. The normalized spacial score (nSPS) is 23.9. The van der Waals surface area contributed by atoms with Crippen molar-refractivity contribution in [3.63, 3.8) is 0 Å². The molecule has 0 radical (unpaired) electrons. The molecule has 2 fully saturated rings. The molecule has 0 aliphatic carbocycles. The third kappa shape index (κ3) is 5.21. The van der Waals surface area contributed by atoms with Gasteiger partial charge in [0, 0.05) is 70.9 Å². The van der Waals surface area contributed by atoms with Crippen LogP contribution in [0.15, 0.2) is 24.3 Å². The van der Waals surface area contributed by atoms with Crippen LogP contribution in [0.3, 0.4) is 0 Å². The van der Waals surface area contributed by atoms with E-state index >= 15 is 0 Å². The first-order chi connectivity index (χ1) is 12.9. The van der Waals surface area contributed by atoms with E-state index in [0.29, 0.717) is 19.6 Å². The molecule has 1 unspecified atom stereocenters. The van der Waals surface area contributed by atoms with E-state index in [9.17, 15) is 15.0 Å². The summed E-state index contributed by atoms with van der Waals surface area (Å²) in [6, 6.07) is 8.51. The van der Waals surface area contributed by atoms with Crippen molar-refractivity contribution in [2.75, 3.05) is 57.3 Å². The predicted molar refractivity (Wildman–Crippen MR) is 107 cm³/mol. The van der Waals surface area contributed by atoms with Crippen molar-refractivity contribution >= 4 is 11.6 Å². The van der Waals surface area contributed by atoms with Gasteiger partial charge in [0.05, 0.1) is 5.60 Å². The number of carbonyl (C=O) groups is 1. The molecular weight excluding hydrogens is 342 g/mol. The van der Waals surface area contributed by atoms with Crippen molar-refractivity contribution in [1.82, 2.24) is 9.80 Å². The number of aliphatic hydroxyl groups is 2. The van der Waals surface area contributed by atoms with Gasteiger partial charge in [0.15, 0.2) is 0 Å². The van der Waals surface area contributed by atoms with Gasteiger partial charge in [-0.15, -0.1) is 0 Å². The second-order valence-corrected chi connectivity index (χ2v) is 8.30. The molecule has 0 bridgehead atoms. The molecule has 1 atom stereocenters. The maximum atomic E-state index is 11.7. The third-order valence-corrected chi connectivity index (χ3v) is 5.96. The molecule has 2 aliphatic rings. The molecule has 2 heterocycles. The van der Waals surface area contributed by atoms with Crippen LogP contribution >= 0.6 is 0 Å². The van der Waals surface area contributed by atoms with Gasteiger partial charge in [0.2, 0.25) is 5.91 Å². The number of nitrogens with zero attached hydrogens (tertiary/aromatic N) is 3. The predicted octanol–water partition coefficient (Wildman–Crippen LogP) is 1.10. The van der Waals surface area contributed by atoms with E-state index in [-0.39, 0.29) is 18.4 Å². The molecule has 0 aromatic heterocycles. The van der Waals surface area contributed by atoms with Crippen molar-refractivity contribution in [3.05, 3.63) is 29.8 Å². The lowest BCUT2D eigenvalue weighted by Crippen LogP contribution is -2.52. The monoisotopic (exact) mass is 375 g/mol. The number of amides is 1. The van der Waals surface area contributed by atoms with Crippen LogP contribution in [0.2, 0.25) is 0 Å². The summed E-state index contributed by atoms with van der Waals surface area (Å²) in [6.07, 6.45) is 1.47. The first kappa shape index (κ1) is 20.1. The zero-order valence-corrected chi connectivity index (χ0v) is 16.6. The minimum Gasteiger partial charge on any atom is -0.396 e. The standard InChI is InChI=1S/C21H33N3O3/c1-17-4-3-5-20(12-17)23-8-6-21(27,7-9-23)16-22-10-11-24(18(2)26)14-19(13-22)15-25/h3-5,12,19,25,27H,6-11,13-16H2,1-2H3.